The fraction of sp³-hybridized carbons (Fsp3) is 0.500. The number of nitrogens with one attached hydrogen (secondary N) is 1. The molecule has 0 aliphatic rings. The highest BCUT2D eigenvalue weighted by Crippen LogP contribution is 2.18. The summed E-state index contributed by atoms with van der Waals surface area (Å²) >= 11 is 0. The summed E-state index contributed by atoms with van der Waals surface area (Å²) < 4.78 is 5.80. The Kier molecular flexibility index (Phi) is 7.94. The molecule has 19 heavy (non-hydrogen) atoms. The third kappa shape index (κ3) is 6.99. The number of hydrogen-bond donors (Lipinski definition) is 1. The van der Waals surface area contributed by atoms with Crippen LogP contribution in [0.25, 0.3) is 0 Å². The van der Waals surface area contributed by atoms with E-state index in [1.807, 2.05) is 24.3 Å². The van der Waals surface area contributed by atoms with Crippen molar-refractivity contribution in [1.82, 2.24) is 10.2 Å². The van der Waals surface area contributed by atoms with Crippen LogP contribution in [0.3, 0.4) is 0 Å². The van der Waals surface area contributed by atoms with Gasteiger partial charge in [-0.1, -0.05) is 24.3 Å². The topological polar surface area (TPSA) is 24.5 Å². The number of benzene rings is 1. The minimum Gasteiger partial charge on any atom is -0.492 e. The van der Waals surface area contributed by atoms with Crippen LogP contribution in [0.5, 0.6) is 5.75 Å². The SMILES string of the molecule is C=CCc1ccccc1OCCNCCCN(C)C. The molecule has 0 saturated heterocycles. The first-order chi connectivity index (χ1) is 9.24. The number of ether oxygens (including phenoxy) is 1. The highest BCUT2D eigenvalue weighted by atomic mass is 16.5. The van der Waals surface area contributed by atoms with Crippen LogP contribution in [0.4, 0.5) is 0 Å². The zero-order chi connectivity index (χ0) is 13.9. The van der Waals surface area contributed by atoms with E-state index < -0.39 is 0 Å². The summed E-state index contributed by atoms with van der Waals surface area (Å²) in [5, 5.41) is 3.39. The van der Waals surface area contributed by atoms with E-state index >= 15 is 0 Å². The van der Waals surface area contributed by atoms with Gasteiger partial charge < -0.3 is 15.0 Å². The average Bonchev–Trinajstić information content (AvgIpc) is 2.39. The van der Waals surface area contributed by atoms with Gasteiger partial charge in [0.25, 0.3) is 0 Å². The summed E-state index contributed by atoms with van der Waals surface area (Å²) in [5.41, 5.74) is 1.20. The van der Waals surface area contributed by atoms with E-state index in [1.165, 1.54) is 12.0 Å². The van der Waals surface area contributed by atoms with Gasteiger partial charge in [0.1, 0.15) is 12.4 Å². The molecule has 3 nitrogen and oxygen atoms in total. The first-order valence-corrected chi connectivity index (χ1v) is 6.91. The maximum Gasteiger partial charge on any atom is 0.122 e. The van der Waals surface area contributed by atoms with Crippen molar-refractivity contribution in [3.05, 3.63) is 42.5 Å². The van der Waals surface area contributed by atoms with E-state index in [0.717, 1.165) is 31.8 Å². The Morgan fingerprint density at radius 1 is 1.26 bits per heavy atom. The standard InChI is InChI=1S/C16H26N2O/c1-4-8-15-9-5-6-10-16(15)19-14-12-17-11-7-13-18(2)3/h4-6,9-10,17H,1,7-8,11-14H2,2-3H3. The van der Waals surface area contributed by atoms with E-state index in [4.69, 9.17) is 4.74 Å². The number of allylic oxidation sites excluding steroid dienone is 1. The monoisotopic (exact) mass is 262 g/mol. The van der Waals surface area contributed by atoms with Gasteiger partial charge in [0.2, 0.25) is 0 Å². The Labute approximate surface area is 117 Å². The van der Waals surface area contributed by atoms with Crippen molar-refractivity contribution in [2.24, 2.45) is 0 Å². The molecule has 0 atom stereocenters. The molecule has 0 aliphatic heterocycles. The summed E-state index contributed by atoms with van der Waals surface area (Å²) in [6.45, 7) is 7.52. The Hall–Kier alpha value is -1.32. The first-order valence-electron chi connectivity index (χ1n) is 6.91. The lowest BCUT2D eigenvalue weighted by molar-refractivity contribution is 0.309. The second-order valence-electron chi connectivity index (χ2n) is 4.86. The second-order valence-corrected chi connectivity index (χ2v) is 4.86. The fourth-order valence-electron chi connectivity index (χ4n) is 1.85. The normalized spacial score (nSPS) is 10.7. The summed E-state index contributed by atoms with van der Waals surface area (Å²) in [7, 11) is 4.19. The lowest BCUT2D eigenvalue weighted by Crippen LogP contribution is -2.25. The molecule has 106 valence electrons. The van der Waals surface area contributed by atoms with Gasteiger partial charge in [0.05, 0.1) is 0 Å². The molecular formula is C16H26N2O. The largest absolute Gasteiger partial charge is 0.492 e. The van der Waals surface area contributed by atoms with Gasteiger partial charge in [0.15, 0.2) is 0 Å². The Morgan fingerprint density at radius 2 is 2.05 bits per heavy atom. The Bertz CT molecular complexity index is 364. The van der Waals surface area contributed by atoms with Gasteiger partial charge in [-0.2, -0.15) is 0 Å². The molecule has 1 aromatic carbocycles. The van der Waals surface area contributed by atoms with Crippen molar-refractivity contribution < 1.29 is 4.74 Å². The summed E-state index contributed by atoms with van der Waals surface area (Å²) in [5.74, 6) is 0.970. The lowest BCUT2D eigenvalue weighted by atomic mass is 10.1. The highest BCUT2D eigenvalue weighted by molar-refractivity contribution is 5.34. The van der Waals surface area contributed by atoms with Gasteiger partial charge in [-0.25, -0.2) is 0 Å². The van der Waals surface area contributed by atoms with Crippen LogP contribution >= 0.6 is 0 Å². The van der Waals surface area contributed by atoms with Crippen LogP contribution in [-0.2, 0) is 6.42 Å². The van der Waals surface area contributed by atoms with Crippen LogP contribution in [-0.4, -0.2) is 45.2 Å². The molecule has 0 aromatic heterocycles. The maximum atomic E-state index is 5.80. The molecule has 0 bridgehead atoms. The molecular weight excluding hydrogens is 236 g/mol. The van der Waals surface area contributed by atoms with E-state index in [1.54, 1.807) is 0 Å². The van der Waals surface area contributed by atoms with Gasteiger partial charge in [-0.3, -0.25) is 0 Å². The molecule has 3 heteroatoms. The van der Waals surface area contributed by atoms with Crippen molar-refractivity contribution in [1.29, 1.82) is 0 Å². The van der Waals surface area contributed by atoms with E-state index in [9.17, 15) is 0 Å². The van der Waals surface area contributed by atoms with Crippen molar-refractivity contribution in [3.63, 3.8) is 0 Å². The van der Waals surface area contributed by atoms with Gasteiger partial charge in [0, 0.05) is 6.54 Å². The van der Waals surface area contributed by atoms with E-state index in [-0.39, 0.29) is 0 Å². The van der Waals surface area contributed by atoms with E-state index in [2.05, 4.69) is 37.0 Å². The Morgan fingerprint density at radius 3 is 2.79 bits per heavy atom. The molecule has 0 spiro atoms. The van der Waals surface area contributed by atoms with E-state index in [0.29, 0.717) is 6.61 Å². The van der Waals surface area contributed by atoms with Crippen LogP contribution in [0, 0.1) is 0 Å². The summed E-state index contributed by atoms with van der Waals surface area (Å²) in [4.78, 5) is 2.20. The van der Waals surface area contributed by atoms with Crippen molar-refractivity contribution >= 4 is 0 Å². The molecule has 0 aliphatic carbocycles. The predicted molar refractivity (Wildman–Crippen MR) is 81.9 cm³/mol. The van der Waals surface area contributed by atoms with Crippen molar-refractivity contribution in [3.8, 4) is 5.75 Å². The summed E-state index contributed by atoms with van der Waals surface area (Å²) in [6, 6.07) is 8.14. The van der Waals surface area contributed by atoms with Crippen molar-refractivity contribution in [2.45, 2.75) is 12.8 Å². The number of rotatable bonds is 10. The average molecular weight is 262 g/mol. The second kappa shape index (κ2) is 9.59. The van der Waals surface area contributed by atoms with Gasteiger partial charge in [-0.05, 0) is 51.7 Å². The maximum absolute atomic E-state index is 5.80. The fourth-order valence-corrected chi connectivity index (χ4v) is 1.85. The smallest absolute Gasteiger partial charge is 0.122 e. The molecule has 0 fully saturated rings. The van der Waals surface area contributed by atoms with Crippen molar-refractivity contribution in [2.75, 3.05) is 40.3 Å². The van der Waals surface area contributed by atoms with Gasteiger partial charge >= 0.3 is 0 Å². The molecule has 0 heterocycles. The van der Waals surface area contributed by atoms with Gasteiger partial charge in [-0.15, -0.1) is 6.58 Å². The molecule has 0 unspecified atom stereocenters. The number of para-hydroxylation sites is 1. The lowest BCUT2D eigenvalue weighted by Gasteiger charge is -2.12. The Balaban J connectivity index is 2.17. The molecule has 0 saturated carbocycles. The van der Waals surface area contributed by atoms with Crippen LogP contribution < -0.4 is 10.1 Å². The predicted octanol–water partition coefficient (Wildman–Crippen LogP) is 2.34. The zero-order valence-electron chi connectivity index (χ0n) is 12.2. The number of nitrogens with zero attached hydrogens (tertiary/aromatic N) is 1. The zero-order valence-corrected chi connectivity index (χ0v) is 12.2. The quantitative estimate of drug-likeness (QED) is 0.517. The third-order valence-corrected chi connectivity index (χ3v) is 2.83. The molecule has 0 amide bonds. The number of hydrogen-bond acceptors (Lipinski definition) is 3. The molecule has 1 rings (SSSR count). The molecule has 1 N–H and O–H groups in total. The van der Waals surface area contributed by atoms with Crippen LogP contribution in [0.2, 0.25) is 0 Å². The summed E-state index contributed by atoms with van der Waals surface area (Å²) in [6.07, 6.45) is 3.92. The third-order valence-electron chi connectivity index (χ3n) is 2.83. The first kappa shape index (κ1) is 15.7. The van der Waals surface area contributed by atoms with Crippen LogP contribution in [0.1, 0.15) is 12.0 Å². The van der Waals surface area contributed by atoms with Crippen LogP contribution in [0.15, 0.2) is 36.9 Å². The minimum atomic E-state index is 0.704. The minimum absolute atomic E-state index is 0.704. The highest BCUT2D eigenvalue weighted by Gasteiger charge is 2.00. The molecule has 1 aromatic rings. The molecule has 0 radical (unpaired) electrons.